The summed E-state index contributed by atoms with van der Waals surface area (Å²) < 4.78 is 0.531. The van der Waals surface area contributed by atoms with Gasteiger partial charge in [0.25, 0.3) is 0 Å². The molecule has 0 aliphatic rings. The second-order valence-electron chi connectivity index (χ2n) is 3.12. The molecule has 0 unspecified atom stereocenters. The molecule has 1 rings (SSSR count). The summed E-state index contributed by atoms with van der Waals surface area (Å²) in [6, 6.07) is 10.4. The van der Waals surface area contributed by atoms with Crippen molar-refractivity contribution < 1.29 is 0 Å². The van der Waals surface area contributed by atoms with Gasteiger partial charge in [0.2, 0.25) is 0 Å². The first kappa shape index (κ1) is 11.3. The first-order valence-corrected chi connectivity index (χ1v) is 5.64. The Kier molecular flexibility index (Phi) is 4.71. The van der Waals surface area contributed by atoms with Crippen LogP contribution in [0, 0.1) is 5.41 Å². The number of nitrogens with one attached hydrogen (secondary N) is 1. The summed E-state index contributed by atoms with van der Waals surface area (Å²) in [5, 5.41) is 7.49. The Hall–Kier alpha value is -0.791. The molecule has 0 saturated heterocycles. The van der Waals surface area contributed by atoms with Crippen LogP contribution in [0.3, 0.4) is 0 Å². The van der Waals surface area contributed by atoms with Crippen molar-refractivity contribution in [1.82, 2.24) is 4.90 Å². The van der Waals surface area contributed by atoms with Crippen LogP contribution >= 0.6 is 0 Å². The van der Waals surface area contributed by atoms with Crippen LogP contribution in [-0.2, 0) is 6.42 Å². The average Bonchev–Trinajstić information content (AvgIpc) is 2.20. The number of likely N-dealkylation sites (N-methyl/N-ethyl adjacent to an activating group) is 1. The van der Waals surface area contributed by atoms with Crippen molar-refractivity contribution in [2.24, 2.45) is 0 Å². The standard InChI is InChI=1S/C11H15N2Se/c1-2-13(11(12)14)9-8-10-6-4-3-5-7-10/h3-7,12H,2,8-9H2,1H3. The van der Waals surface area contributed by atoms with Crippen molar-refractivity contribution in [2.75, 3.05) is 13.1 Å². The molecule has 0 atom stereocenters. The van der Waals surface area contributed by atoms with Gasteiger partial charge in [0.15, 0.2) is 0 Å². The SMILES string of the molecule is CCN(CCc1ccccc1)C(=N)[Se]. The zero-order chi connectivity index (χ0) is 10.4. The molecule has 1 N–H and O–H groups in total. The number of hydrogen-bond acceptors (Lipinski definition) is 1. The van der Waals surface area contributed by atoms with Crippen molar-refractivity contribution in [2.45, 2.75) is 13.3 Å². The third kappa shape index (κ3) is 3.52. The van der Waals surface area contributed by atoms with Crippen LogP contribution in [0.4, 0.5) is 0 Å². The predicted octanol–water partition coefficient (Wildman–Crippen LogP) is 1.65. The zero-order valence-electron chi connectivity index (χ0n) is 8.36. The van der Waals surface area contributed by atoms with Gasteiger partial charge in [-0.1, -0.05) is 0 Å². The fraction of sp³-hybridized carbons (Fsp3) is 0.364. The quantitative estimate of drug-likeness (QED) is 0.494. The number of hydrogen-bond donors (Lipinski definition) is 1. The number of nitrogens with zero attached hydrogens (tertiary/aromatic N) is 1. The Labute approximate surface area is 93.6 Å². The Morgan fingerprint density at radius 1 is 1.36 bits per heavy atom. The van der Waals surface area contributed by atoms with Gasteiger partial charge in [-0.05, 0) is 0 Å². The van der Waals surface area contributed by atoms with E-state index in [0.717, 1.165) is 19.5 Å². The summed E-state index contributed by atoms with van der Waals surface area (Å²) >= 11 is 2.74. The van der Waals surface area contributed by atoms with E-state index in [1.807, 2.05) is 11.0 Å². The predicted molar refractivity (Wildman–Crippen MR) is 60.9 cm³/mol. The third-order valence-electron chi connectivity index (χ3n) is 2.18. The Bertz CT molecular complexity index is 285. The first-order chi connectivity index (χ1) is 6.74. The second-order valence-corrected chi connectivity index (χ2v) is 3.93. The van der Waals surface area contributed by atoms with Gasteiger partial charge in [0, 0.05) is 0 Å². The van der Waals surface area contributed by atoms with Crippen molar-refractivity contribution in [3.8, 4) is 0 Å². The minimum absolute atomic E-state index is 0.531. The monoisotopic (exact) mass is 255 g/mol. The molecule has 1 aromatic rings. The van der Waals surface area contributed by atoms with E-state index in [1.165, 1.54) is 5.56 Å². The molecule has 0 saturated carbocycles. The van der Waals surface area contributed by atoms with E-state index in [-0.39, 0.29) is 0 Å². The molecule has 0 amide bonds. The molecular weight excluding hydrogens is 239 g/mol. The van der Waals surface area contributed by atoms with Gasteiger partial charge in [0.05, 0.1) is 0 Å². The number of benzene rings is 1. The fourth-order valence-corrected chi connectivity index (χ4v) is 1.77. The second kappa shape index (κ2) is 5.84. The van der Waals surface area contributed by atoms with Crippen LogP contribution in [0.25, 0.3) is 0 Å². The molecule has 2 nitrogen and oxygen atoms in total. The van der Waals surface area contributed by atoms with E-state index in [4.69, 9.17) is 5.41 Å². The van der Waals surface area contributed by atoms with E-state index in [9.17, 15) is 0 Å². The number of rotatable bonds is 4. The molecule has 0 aromatic heterocycles. The normalized spacial score (nSPS) is 9.79. The molecule has 0 fully saturated rings. The van der Waals surface area contributed by atoms with Gasteiger partial charge in [0.1, 0.15) is 0 Å². The summed E-state index contributed by atoms with van der Waals surface area (Å²) in [7, 11) is 0. The molecule has 1 aromatic carbocycles. The summed E-state index contributed by atoms with van der Waals surface area (Å²) in [5.41, 5.74) is 1.33. The summed E-state index contributed by atoms with van der Waals surface area (Å²) in [6.07, 6.45) is 0.999. The van der Waals surface area contributed by atoms with Crippen molar-refractivity contribution in [3.63, 3.8) is 0 Å². The van der Waals surface area contributed by atoms with Crippen LogP contribution in [0.15, 0.2) is 30.3 Å². The van der Waals surface area contributed by atoms with Crippen molar-refractivity contribution >= 4 is 20.7 Å². The first-order valence-electron chi connectivity index (χ1n) is 4.78. The van der Waals surface area contributed by atoms with Gasteiger partial charge in [-0.25, -0.2) is 0 Å². The zero-order valence-corrected chi connectivity index (χ0v) is 10.1. The molecule has 75 valence electrons. The Morgan fingerprint density at radius 3 is 2.50 bits per heavy atom. The molecule has 0 aliphatic carbocycles. The molecule has 0 spiro atoms. The topological polar surface area (TPSA) is 27.1 Å². The van der Waals surface area contributed by atoms with Gasteiger partial charge in [-0.2, -0.15) is 0 Å². The van der Waals surface area contributed by atoms with Crippen LogP contribution in [-0.4, -0.2) is 38.7 Å². The average molecular weight is 254 g/mol. The maximum atomic E-state index is 7.49. The Morgan fingerprint density at radius 2 is 2.00 bits per heavy atom. The maximum absolute atomic E-state index is 7.49. The van der Waals surface area contributed by atoms with E-state index < -0.39 is 0 Å². The molecule has 14 heavy (non-hydrogen) atoms. The molecule has 1 radical (unpaired) electrons. The van der Waals surface area contributed by atoms with Gasteiger partial charge >= 0.3 is 93.4 Å². The van der Waals surface area contributed by atoms with Gasteiger partial charge < -0.3 is 0 Å². The molecule has 3 heteroatoms. The summed E-state index contributed by atoms with van der Waals surface area (Å²) in [4.78, 5) is 2.02. The summed E-state index contributed by atoms with van der Waals surface area (Å²) in [5.74, 6) is 0. The van der Waals surface area contributed by atoms with Crippen LogP contribution in [0.2, 0.25) is 0 Å². The third-order valence-corrected chi connectivity index (χ3v) is 2.72. The van der Waals surface area contributed by atoms with Crippen LogP contribution in [0.5, 0.6) is 0 Å². The molecule has 0 bridgehead atoms. The fourth-order valence-electron chi connectivity index (χ4n) is 1.31. The van der Waals surface area contributed by atoms with Crippen LogP contribution < -0.4 is 0 Å². The van der Waals surface area contributed by atoms with E-state index in [1.54, 1.807) is 0 Å². The van der Waals surface area contributed by atoms with E-state index in [0.29, 0.717) is 4.73 Å². The minimum atomic E-state index is 0.531. The van der Waals surface area contributed by atoms with Crippen molar-refractivity contribution in [3.05, 3.63) is 35.9 Å². The molecular formula is C11H15N2Se. The van der Waals surface area contributed by atoms with Gasteiger partial charge in [-0.3, -0.25) is 0 Å². The Balaban J connectivity index is 2.44. The van der Waals surface area contributed by atoms with E-state index in [2.05, 4.69) is 47.2 Å². The number of amidine groups is 1. The molecule has 0 aliphatic heterocycles. The van der Waals surface area contributed by atoms with E-state index >= 15 is 0 Å². The van der Waals surface area contributed by atoms with Crippen molar-refractivity contribution in [1.29, 1.82) is 5.41 Å². The summed E-state index contributed by atoms with van der Waals surface area (Å²) in [6.45, 7) is 3.86. The van der Waals surface area contributed by atoms with Crippen LogP contribution in [0.1, 0.15) is 12.5 Å². The molecule has 0 heterocycles. The van der Waals surface area contributed by atoms with Gasteiger partial charge in [-0.15, -0.1) is 0 Å².